The third-order valence-corrected chi connectivity index (χ3v) is 3.37. The van der Waals surface area contributed by atoms with E-state index in [1.165, 1.54) is 57.8 Å². The van der Waals surface area contributed by atoms with E-state index in [9.17, 15) is 4.79 Å². The molecular weight excluding hydrogens is 283 g/mol. The Hall–Kier alpha value is -0.310. The first-order chi connectivity index (χ1) is 10.2. The average molecular weight is 314 g/mol. The van der Waals surface area contributed by atoms with Gasteiger partial charge in [0.05, 0.1) is 5.56 Å². The largest absolute Gasteiger partial charge is 1.00 e. The SMILES string of the molecule is O=C(O)c1ccccc1.[CH2-]CCCCCCCCCCC.[Na+]. The molecule has 120 valence electrons. The number of carboxylic acid groups (broad SMARTS) is 1. The minimum atomic E-state index is -0.879. The molecule has 1 rings (SSSR count). The second-order valence-electron chi connectivity index (χ2n) is 5.35. The summed E-state index contributed by atoms with van der Waals surface area (Å²) in [6.45, 7) is 6.12. The summed E-state index contributed by atoms with van der Waals surface area (Å²) in [6, 6.07) is 8.30. The molecule has 1 N–H and O–H groups in total. The van der Waals surface area contributed by atoms with Gasteiger partial charge in [0.1, 0.15) is 0 Å². The van der Waals surface area contributed by atoms with Gasteiger partial charge in [0, 0.05) is 0 Å². The fraction of sp³-hybridized carbons (Fsp3) is 0.579. The van der Waals surface area contributed by atoms with Gasteiger partial charge in [-0.15, -0.1) is 0 Å². The molecule has 0 aliphatic carbocycles. The smallest absolute Gasteiger partial charge is 0.478 e. The van der Waals surface area contributed by atoms with Gasteiger partial charge in [-0.25, -0.2) is 4.79 Å². The van der Waals surface area contributed by atoms with Crippen LogP contribution in [0.5, 0.6) is 0 Å². The Labute approximate surface area is 159 Å². The first kappa shape index (κ1) is 23.9. The molecule has 0 aliphatic heterocycles. The number of hydrogen-bond acceptors (Lipinski definition) is 1. The van der Waals surface area contributed by atoms with Gasteiger partial charge < -0.3 is 12.0 Å². The number of hydrogen-bond donors (Lipinski definition) is 1. The molecular formula is C19H31NaO2. The van der Waals surface area contributed by atoms with Gasteiger partial charge in [-0.3, -0.25) is 0 Å². The van der Waals surface area contributed by atoms with Crippen molar-refractivity contribution in [1.29, 1.82) is 0 Å². The van der Waals surface area contributed by atoms with Crippen molar-refractivity contribution >= 4 is 5.97 Å². The molecule has 0 amide bonds. The molecule has 0 bridgehead atoms. The molecule has 0 spiro atoms. The van der Waals surface area contributed by atoms with Gasteiger partial charge in [-0.2, -0.15) is 6.42 Å². The third kappa shape index (κ3) is 16.1. The molecule has 0 heterocycles. The van der Waals surface area contributed by atoms with E-state index >= 15 is 0 Å². The summed E-state index contributed by atoms with van der Waals surface area (Å²) in [4.78, 5) is 10.2. The van der Waals surface area contributed by atoms with Crippen molar-refractivity contribution in [2.45, 2.75) is 71.1 Å². The van der Waals surface area contributed by atoms with E-state index in [2.05, 4.69) is 13.8 Å². The van der Waals surface area contributed by atoms with E-state index in [1.54, 1.807) is 30.3 Å². The minimum absolute atomic E-state index is 0. The van der Waals surface area contributed by atoms with E-state index in [1.807, 2.05) is 0 Å². The second-order valence-corrected chi connectivity index (χ2v) is 5.35. The van der Waals surface area contributed by atoms with Gasteiger partial charge in [-0.1, -0.05) is 82.9 Å². The monoisotopic (exact) mass is 314 g/mol. The summed E-state index contributed by atoms with van der Waals surface area (Å²) < 4.78 is 0. The molecule has 0 aliphatic rings. The van der Waals surface area contributed by atoms with Crippen LogP contribution in [0.25, 0.3) is 0 Å². The second kappa shape index (κ2) is 18.7. The number of carboxylic acids is 1. The number of benzene rings is 1. The fourth-order valence-electron chi connectivity index (χ4n) is 2.07. The molecule has 3 heteroatoms. The van der Waals surface area contributed by atoms with Crippen molar-refractivity contribution in [1.82, 2.24) is 0 Å². The van der Waals surface area contributed by atoms with E-state index < -0.39 is 5.97 Å². The average Bonchev–Trinajstić information content (AvgIpc) is 2.51. The van der Waals surface area contributed by atoms with Crippen LogP contribution in [-0.4, -0.2) is 11.1 Å². The van der Waals surface area contributed by atoms with Gasteiger partial charge >= 0.3 is 35.5 Å². The number of unbranched alkanes of at least 4 members (excludes halogenated alkanes) is 9. The normalized spacial score (nSPS) is 9.36. The Morgan fingerprint density at radius 3 is 1.73 bits per heavy atom. The van der Waals surface area contributed by atoms with Crippen LogP contribution in [0.4, 0.5) is 0 Å². The maximum absolute atomic E-state index is 10.2. The molecule has 0 fully saturated rings. The van der Waals surface area contributed by atoms with Crippen LogP contribution in [0.2, 0.25) is 0 Å². The van der Waals surface area contributed by atoms with E-state index in [4.69, 9.17) is 5.11 Å². The van der Waals surface area contributed by atoms with Crippen LogP contribution in [0.1, 0.15) is 81.5 Å². The molecule has 22 heavy (non-hydrogen) atoms. The topological polar surface area (TPSA) is 37.3 Å². The number of carbonyl (C=O) groups is 1. The van der Waals surface area contributed by atoms with Crippen LogP contribution in [0.3, 0.4) is 0 Å². The molecule has 0 atom stereocenters. The quantitative estimate of drug-likeness (QED) is 0.409. The summed E-state index contributed by atoms with van der Waals surface area (Å²) in [6.07, 6.45) is 13.9. The summed E-state index contributed by atoms with van der Waals surface area (Å²) >= 11 is 0. The van der Waals surface area contributed by atoms with E-state index in [0.717, 1.165) is 6.42 Å². The first-order valence-electron chi connectivity index (χ1n) is 8.30. The van der Waals surface area contributed by atoms with Crippen molar-refractivity contribution < 1.29 is 39.5 Å². The standard InChI is InChI=1S/C12H25.C7H6O2.Na/c1-3-5-7-9-11-12-10-8-6-4-2;8-7(9)6-4-2-1-3-5-6;/h1,3-12H2,2H3;1-5H,(H,8,9);/q-1;;+1. The van der Waals surface area contributed by atoms with Gasteiger partial charge in [0.15, 0.2) is 0 Å². The van der Waals surface area contributed by atoms with Crippen LogP contribution in [0, 0.1) is 6.92 Å². The van der Waals surface area contributed by atoms with Crippen molar-refractivity contribution in [2.24, 2.45) is 0 Å². The maximum atomic E-state index is 10.2. The zero-order valence-corrected chi connectivity index (χ0v) is 16.5. The molecule has 0 aromatic heterocycles. The summed E-state index contributed by atoms with van der Waals surface area (Å²) in [5, 5.41) is 8.38. The first-order valence-corrected chi connectivity index (χ1v) is 8.30. The predicted octanol–water partition coefficient (Wildman–Crippen LogP) is 3.13. The molecule has 1 aromatic rings. The predicted molar refractivity (Wildman–Crippen MR) is 90.6 cm³/mol. The zero-order chi connectivity index (χ0) is 15.8. The third-order valence-electron chi connectivity index (χ3n) is 3.37. The van der Waals surface area contributed by atoms with Gasteiger partial charge in [-0.05, 0) is 12.1 Å². The van der Waals surface area contributed by atoms with E-state index in [0.29, 0.717) is 5.56 Å². The number of aromatic carboxylic acids is 1. The van der Waals surface area contributed by atoms with Crippen LogP contribution in [0.15, 0.2) is 30.3 Å². The van der Waals surface area contributed by atoms with Crippen molar-refractivity contribution in [3.05, 3.63) is 42.8 Å². The molecule has 0 saturated carbocycles. The van der Waals surface area contributed by atoms with Gasteiger partial charge in [0.2, 0.25) is 0 Å². The molecule has 2 nitrogen and oxygen atoms in total. The summed E-state index contributed by atoms with van der Waals surface area (Å²) in [7, 11) is 0. The minimum Gasteiger partial charge on any atom is -0.478 e. The molecule has 0 saturated heterocycles. The zero-order valence-electron chi connectivity index (χ0n) is 14.5. The Morgan fingerprint density at radius 1 is 0.909 bits per heavy atom. The molecule has 0 unspecified atom stereocenters. The van der Waals surface area contributed by atoms with Crippen molar-refractivity contribution in [2.75, 3.05) is 0 Å². The Kier molecular flexibility index (Phi) is 20.4. The molecule has 0 radical (unpaired) electrons. The fourth-order valence-corrected chi connectivity index (χ4v) is 2.07. The van der Waals surface area contributed by atoms with Crippen molar-refractivity contribution in [3.63, 3.8) is 0 Å². The summed E-state index contributed by atoms with van der Waals surface area (Å²) in [5.41, 5.74) is 0.331. The van der Waals surface area contributed by atoms with Crippen LogP contribution >= 0.6 is 0 Å². The molecule has 1 aromatic carbocycles. The van der Waals surface area contributed by atoms with Crippen LogP contribution in [-0.2, 0) is 0 Å². The maximum Gasteiger partial charge on any atom is 1.00 e. The van der Waals surface area contributed by atoms with Crippen molar-refractivity contribution in [3.8, 4) is 0 Å². The summed E-state index contributed by atoms with van der Waals surface area (Å²) in [5.74, 6) is -0.879. The Bertz CT molecular complexity index is 329. The Morgan fingerprint density at radius 2 is 1.36 bits per heavy atom. The van der Waals surface area contributed by atoms with Crippen LogP contribution < -0.4 is 29.6 Å². The Balaban J connectivity index is 0. The van der Waals surface area contributed by atoms with E-state index in [-0.39, 0.29) is 29.6 Å². The van der Waals surface area contributed by atoms with Gasteiger partial charge in [0.25, 0.3) is 0 Å². The number of rotatable bonds is 10.